The summed E-state index contributed by atoms with van der Waals surface area (Å²) in [6.45, 7) is 3.25. The monoisotopic (exact) mass is 430 g/mol. The van der Waals surface area contributed by atoms with E-state index in [1.165, 1.54) is 9.18 Å². The minimum Gasteiger partial charge on any atom is -0.379 e. The lowest BCUT2D eigenvalue weighted by atomic mass is 10.2. The molecule has 1 fully saturated rings. The average Bonchev–Trinajstić information content (AvgIpc) is 3.01. The minimum atomic E-state index is -3.41. The molecule has 130 valence electrons. The van der Waals surface area contributed by atoms with Gasteiger partial charge in [0.1, 0.15) is 0 Å². The Morgan fingerprint density at radius 3 is 2.42 bits per heavy atom. The van der Waals surface area contributed by atoms with E-state index < -0.39 is 10.0 Å². The Balaban J connectivity index is 1.58. The first kappa shape index (κ1) is 18.0. The third kappa shape index (κ3) is 4.44. The molecule has 5 nitrogen and oxygen atoms in total. The molecule has 0 unspecified atom stereocenters. The van der Waals surface area contributed by atoms with Crippen LogP contribution in [0.3, 0.4) is 0 Å². The fourth-order valence-electron chi connectivity index (χ4n) is 2.49. The van der Waals surface area contributed by atoms with Crippen molar-refractivity contribution in [3.63, 3.8) is 0 Å². The molecule has 1 saturated heterocycles. The van der Waals surface area contributed by atoms with E-state index in [1.807, 2.05) is 18.2 Å². The fraction of sp³-hybridized carbons (Fsp3) is 0.375. The van der Waals surface area contributed by atoms with Gasteiger partial charge < -0.3 is 10.1 Å². The smallest absolute Gasteiger partial charge is 0.243 e. The van der Waals surface area contributed by atoms with Crippen molar-refractivity contribution in [3.05, 3.63) is 50.6 Å². The number of halogens is 1. The minimum absolute atomic E-state index is 0.343. The quantitative estimate of drug-likeness (QED) is 0.765. The molecular formula is C16H19BrN2O3S2. The van der Waals surface area contributed by atoms with E-state index in [-0.39, 0.29) is 0 Å². The van der Waals surface area contributed by atoms with Crippen molar-refractivity contribution in [1.29, 1.82) is 0 Å². The lowest BCUT2D eigenvalue weighted by Crippen LogP contribution is -2.40. The number of thiophene rings is 1. The van der Waals surface area contributed by atoms with Gasteiger partial charge in [-0.3, -0.25) is 0 Å². The van der Waals surface area contributed by atoms with E-state index in [4.69, 9.17) is 4.74 Å². The molecule has 24 heavy (non-hydrogen) atoms. The predicted molar refractivity (Wildman–Crippen MR) is 98.6 cm³/mol. The molecule has 0 aliphatic carbocycles. The third-order valence-electron chi connectivity index (χ3n) is 3.79. The maximum Gasteiger partial charge on any atom is 0.243 e. The van der Waals surface area contributed by atoms with Gasteiger partial charge in [0.2, 0.25) is 10.0 Å². The summed E-state index contributed by atoms with van der Waals surface area (Å²) in [5.74, 6) is 0. The highest BCUT2D eigenvalue weighted by atomic mass is 79.9. The van der Waals surface area contributed by atoms with Crippen molar-refractivity contribution in [3.8, 4) is 0 Å². The summed E-state index contributed by atoms with van der Waals surface area (Å²) < 4.78 is 32.9. The maximum atomic E-state index is 12.6. The third-order valence-corrected chi connectivity index (χ3v) is 7.32. The molecule has 1 N–H and O–H groups in total. The Kier molecular flexibility index (Phi) is 6.07. The highest BCUT2D eigenvalue weighted by Crippen LogP contribution is 2.22. The molecule has 0 atom stereocenters. The number of hydrogen-bond donors (Lipinski definition) is 1. The summed E-state index contributed by atoms with van der Waals surface area (Å²) in [5.41, 5.74) is 1.06. The van der Waals surface area contributed by atoms with Crippen molar-refractivity contribution < 1.29 is 13.2 Å². The highest BCUT2D eigenvalue weighted by molar-refractivity contribution is 9.11. The van der Waals surface area contributed by atoms with Gasteiger partial charge in [-0.1, -0.05) is 12.1 Å². The van der Waals surface area contributed by atoms with Crippen LogP contribution >= 0.6 is 27.3 Å². The summed E-state index contributed by atoms with van der Waals surface area (Å²) in [4.78, 5) is 1.60. The molecule has 8 heteroatoms. The van der Waals surface area contributed by atoms with Gasteiger partial charge in [0, 0.05) is 31.1 Å². The lowest BCUT2D eigenvalue weighted by molar-refractivity contribution is 0.0730. The van der Waals surface area contributed by atoms with Crippen LogP contribution < -0.4 is 5.32 Å². The topological polar surface area (TPSA) is 58.6 Å². The number of rotatable bonds is 6. The zero-order valence-electron chi connectivity index (χ0n) is 13.1. The van der Waals surface area contributed by atoms with Crippen LogP contribution in [0.25, 0.3) is 0 Å². The van der Waals surface area contributed by atoms with Crippen molar-refractivity contribution in [2.45, 2.75) is 18.0 Å². The number of sulfonamides is 1. The van der Waals surface area contributed by atoms with Gasteiger partial charge in [-0.05, 0) is 45.8 Å². The van der Waals surface area contributed by atoms with E-state index in [0.29, 0.717) is 37.7 Å². The average molecular weight is 431 g/mol. The molecule has 3 rings (SSSR count). The number of nitrogens with one attached hydrogen (secondary N) is 1. The van der Waals surface area contributed by atoms with E-state index in [0.717, 1.165) is 15.9 Å². The van der Waals surface area contributed by atoms with Crippen LogP contribution in [0.2, 0.25) is 0 Å². The van der Waals surface area contributed by atoms with Gasteiger partial charge in [-0.15, -0.1) is 11.3 Å². The molecule has 2 heterocycles. The number of ether oxygens (including phenoxy) is 1. The maximum absolute atomic E-state index is 12.6. The van der Waals surface area contributed by atoms with Crippen molar-refractivity contribution >= 4 is 37.3 Å². The van der Waals surface area contributed by atoms with Crippen molar-refractivity contribution in [2.75, 3.05) is 26.3 Å². The van der Waals surface area contributed by atoms with Gasteiger partial charge in [0.25, 0.3) is 0 Å². The molecule has 1 aromatic carbocycles. The zero-order valence-corrected chi connectivity index (χ0v) is 16.3. The number of morpholine rings is 1. The number of benzene rings is 1. The van der Waals surface area contributed by atoms with Crippen molar-refractivity contribution in [2.24, 2.45) is 0 Å². The molecule has 0 spiro atoms. The fourth-order valence-corrected chi connectivity index (χ4v) is 5.35. The van der Waals surface area contributed by atoms with Gasteiger partial charge in [-0.25, -0.2) is 8.42 Å². The van der Waals surface area contributed by atoms with Gasteiger partial charge in [-0.2, -0.15) is 4.31 Å². The molecular weight excluding hydrogens is 412 g/mol. The summed E-state index contributed by atoms with van der Waals surface area (Å²) in [5, 5.41) is 3.37. The van der Waals surface area contributed by atoms with Crippen LogP contribution in [-0.4, -0.2) is 39.0 Å². The highest BCUT2D eigenvalue weighted by Gasteiger charge is 2.25. The van der Waals surface area contributed by atoms with Gasteiger partial charge in [0.15, 0.2) is 0 Å². The first-order valence-corrected chi connectivity index (χ1v) is 10.7. The van der Waals surface area contributed by atoms with Crippen molar-refractivity contribution in [1.82, 2.24) is 9.62 Å². The van der Waals surface area contributed by atoms with Crippen LogP contribution in [0.4, 0.5) is 0 Å². The van der Waals surface area contributed by atoms with Crippen LogP contribution in [0.15, 0.2) is 45.1 Å². The Hall–Kier alpha value is -0.770. The summed E-state index contributed by atoms with van der Waals surface area (Å²) in [6.07, 6.45) is 0. The zero-order chi connectivity index (χ0) is 17.0. The molecule has 1 aliphatic rings. The summed E-state index contributed by atoms with van der Waals surface area (Å²) >= 11 is 5.15. The van der Waals surface area contributed by atoms with E-state index >= 15 is 0 Å². The molecule has 1 aromatic heterocycles. The summed E-state index contributed by atoms with van der Waals surface area (Å²) in [7, 11) is -3.41. The first-order valence-electron chi connectivity index (χ1n) is 7.67. The molecule has 0 bridgehead atoms. The first-order chi connectivity index (χ1) is 11.6. The van der Waals surface area contributed by atoms with E-state index in [2.05, 4.69) is 27.3 Å². The Morgan fingerprint density at radius 2 is 1.79 bits per heavy atom. The molecule has 0 amide bonds. The van der Waals surface area contributed by atoms with E-state index in [9.17, 15) is 8.42 Å². The molecule has 0 radical (unpaired) electrons. The summed E-state index contributed by atoms with van der Waals surface area (Å²) in [6, 6.07) is 11.2. The largest absolute Gasteiger partial charge is 0.379 e. The Morgan fingerprint density at radius 1 is 1.08 bits per heavy atom. The SMILES string of the molecule is O=S(=O)(c1ccc(CNCc2ccc(Br)s2)cc1)N1CCOCC1. The second-order valence-corrected chi connectivity index (χ2v) is 9.96. The molecule has 0 saturated carbocycles. The molecule has 1 aliphatic heterocycles. The second kappa shape index (κ2) is 8.07. The van der Waals surface area contributed by atoms with E-state index in [1.54, 1.807) is 23.5 Å². The Bertz CT molecular complexity index is 769. The van der Waals surface area contributed by atoms with Gasteiger partial charge >= 0.3 is 0 Å². The predicted octanol–water partition coefficient (Wildman–Crippen LogP) is 2.82. The normalized spacial score (nSPS) is 16.4. The van der Waals surface area contributed by atoms with Crippen LogP contribution in [0.1, 0.15) is 10.4 Å². The standard InChI is InChI=1S/C16H19BrN2O3S2/c17-16-6-3-14(23-16)12-18-11-13-1-4-15(5-2-13)24(20,21)19-7-9-22-10-8-19/h1-6,18H,7-12H2. The second-order valence-electron chi connectivity index (χ2n) is 5.47. The van der Waals surface area contributed by atoms with Crippen LogP contribution in [-0.2, 0) is 27.8 Å². The lowest BCUT2D eigenvalue weighted by Gasteiger charge is -2.26. The van der Waals surface area contributed by atoms with Crippen LogP contribution in [0, 0.1) is 0 Å². The van der Waals surface area contributed by atoms with Gasteiger partial charge in [0.05, 0.1) is 21.9 Å². The number of nitrogens with zero attached hydrogens (tertiary/aromatic N) is 1. The molecule has 2 aromatic rings. The Labute approximate surface area is 154 Å². The number of hydrogen-bond acceptors (Lipinski definition) is 5. The van der Waals surface area contributed by atoms with Crippen LogP contribution in [0.5, 0.6) is 0 Å².